The molecule has 0 bridgehead atoms. The highest BCUT2D eigenvalue weighted by atomic mass is 35.5. The molecule has 40 heavy (non-hydrogen) atoms. The second-order valence-electron chi connectivity index (χ2n) is 9.66. The van der Waals surface area contributed by atoms with Crippen LogP contribution in [0.3, 0.4) is 0 Å². The van der Waals surface area contributed by atoms with Crippen molar-refractivity contribution >= 4 is 71.1 Å². The maximum absolute atomic E-state index is 13.0. The fourth-order valence-electron chi connectivity index (χ4n) is 4.97. The van der Waals surface area contributed by atoms with Gasteiger partial charge in [-0.15, -0.1) is 12.4 Å². The van der Waals surface area contributed by atoms with Crippen LogP contribution in [0.4, 0.5) is 0 Å². The number of amides is 2. The number of aromatic nitrogens is 2. The molecule has 6 rings (SSSR count). The van der Waals surface area contributed by atoms with Crippen LogP contribution in [0.25, 0.3) is 11.7 Å². The van der Waals surface area contributed by atoms with E-state index in [1.807, 2.05) is 59.5 Å². The third-order valence-corrected chi connectivity index (χ3v) is 9.27. The summed E-state index contributed by atoms with van der Waals surface area (Å²) in [6, 6.07) is 17.0. The van der Waals surface area contributed by atoms with Gasteiger partial charge in [-0.1, -0.05) is 41.2 Å². The van der Waals surface area contributed by atoms with Gasteiger partial charge in [0.25, 0.3) is 11.8 Å². The third kappa shape index (κ3) is 6.38. The van der Waals surface area contributed by atoms with Gasteiger partial charge >= 0.3 is 0 Å². The summed E-state index contributed by atoms with van der Waals surface area (Å²) in [6.07, 6.45) is 7.57. The minimum Gasteiger partial charge on any atom is -0.444 e. The van der Waals surface area contributed by atoms with Gasteiger partial charge in [0.2, 0.25) is 0 Å². The number of carbonyl (C=O) groups is 2. The predicted octanol–water partition coefficient (Wildman–Crippen LogP) is 7.05. The number of imidazole rings is 1. The summed E-state index contributed by atoms with van der Waals surface area (Å²) in [5.74, 6) is 0.825. The molecule has 0 spiro atoms. The molecule has 1 saturated heterocycles. The van der Waals surface area contributed by atoms with E-state index in [1.54, 1.807) is 12.3 Å². The smallest absolute Gasteiger partial charge is 0.289 e. The Balaban J connectivity index is 0.00000323. The van der Waals surface area contributed by atoms with Crippen LogP contribution in [0.15, 0.2) is 85.1 Å². The number of pyridine rings is 1. The molecule has 5 heterocycles. The number of hydrogen-bond donors (Lipinski definition) is 1. The Morgan fingerprint density at radius 3 is 2.70 bits per heavy atom. The van der Waals surface area contributed by atoms with Crippen molar-refractivity contribution in [1.82, 2.24) is 19.6 Å². The summed E-state index contributed by atoms with van der Waals surface area (Å²) in [5, 5.41) is 5.44. The van der Waals surface area contributed by atoms with E-state index in [2.05, 4.69) is 14.7 Å². The Hall–Kier alpha value is -2.85. The first-order valence-electron chi connectivity index (χ1n) is 13.0. The lowest BCUT2D eigenvalue weighted by Gasteiger charge is -2.31. The monoisotopic (exact) mass is 614 g/mol. The van der Waals surface area contributed by atoms with Crippen LogP contribution < -0.4 is 5.32 Å². The molecule has 0 unspecified atom stereocenters. The minimum absolute atomic E-state index is 0. The van der Waals surface area contributed by atoms with E-state index >= 15 is 0 Å². The number of thioether (sulfide) groups is 1. The highest BCUT2D eigenvalue weighted by molar-refractivity contribution is 8.04. The average Bonchev–Trinajstić information content (AvgIpc) is 3.60. The number of hydrogen-bond acceptors (Lipinski definition) is 6. The largest absolute Gasteiger partial charge is 0.444 e. The predicted molar refractivity (Wildman–Crippen MR) is 161 cm³/mol. The third-order valence-electron chi connectivity index (χ3n) is 7.04. The van der Waals surface area contributed by atoms with E-state index in [0.29, 0.717) is 33.2 Å². The maximum Gasteiger partial charge on any atom is 0.289 e. The molecule has 11 heteroatoms. The van der Waals surface area contributed by atoms with E-state index in [4.69, 9.17) is 16.0 Å². The summed E-state index contributed by atoms with van der Waals surface area (Å²) < 4.78 is 7.89. The van der Waals surface area contributed by atoms with Gasteiger partial charge in [0, 0.05) is 29.6 Å². The normalized spacial score (nSPS) is 15.0. The number of nitrogens with zero attached hydrogens (tertiary/aromatic N) is 3. The standard InChI is InChI=1S/C29H27ClN4O3S2.ClH/c30-20-6-8-22(9-7-20)38-27-11-10-23(37-27)29(36)33-15-12-19(13-16-33)3-2-14-31-28(35)24-17-21-18-32-25-4-1-5-26(39-24)34(21)25;/h1,4-11,17-19H,2-3,12-16H2,(H,31,35);1H. The molecule has 0 aliphatic carbocycles. The van der Waals surface area contributed by atoms with Crippen LogP contribution in [0.5, 0.6) is 0 Å². The highest BCUT2D eigenvalue weighted by Crippen LogP contribution is 2.34. The zero-order chi connectivity index (χ0) is 26.8. The lowest BCUT2D eigenvalue weighted by molar-refractivity contribution is -0.116. The molecule has 0 atom stereocenters. The summed E-state index contributed by atoms with van der Waals surface area (Å²) >= 11 is 8.89. The van der Waals surface area contributed by atoms with Crippen molar-refractivity contribution in [2.45, 2.75) is 40.7 Å². The Morgan fingerprint density at radius 2 is 1.90 bits per heavy atom. The lowest BCUT2D eigenvalue weighted by Crippen LogP contribution is -2.38. The summed E-state index contributed by atoms with van der Waals surface area (Å²) in [6.45, 7) is 2.08. The Labute approximate surface area is 252 Å². The van der Waals surface area contributed by atoms with Crippen molar-refractivity contribution < 1.29 is 14.0 Å². The molecule has 208 valence electrons. The number of halogens is 2. The van der Waals surface area contributed by atoms with Gasteiger partial charge in [-0.3, -0.25) is 14.0 Å². The van der Waals surface area contributed by atoms with E-state index in [0.717, 1.165) is 60.0 Å². The Bertz CT molecular complexity index is 1540. The molecule has 0 radical (unpaired) electrons. The number of benzene rings is 1. The molecule has 1 N–H and O–H groups in total. The lowest BCUT2D eigenvalue weighted by atomic mass is 9.92. The van der Waals surface area contributed by atoms with Crippen LogP contribution in [-0.2, 0) is 4.79 Å². The van der Waals surface area contributed by atoms with Crippen molar-refractivity contribution in [3.63, 3.8) is 0 Å². The second-order valence-corrected chi connectivity index (χ2v) is 12.2. The summed E-state index contributed by atoms with van der Waals surface area (Å²) in [5.41, 5.74) is 1.82. The SMILES string of the molecule is Cl.O=C(NCCCC1CCN(C(=O)c2ccc(Sc3ccc(Cl)cc3)o2)CC1)C1=Cc2cnc3cccc(n23)S1. The number of furan rings is 1. The number of rotatable bonds is 8. The number of likely N-dealkylation sites (tertiary alicyclic amines) is 1. The number of piperidine rings is 1. The quantitative estimate of drug-likeness (QED) is 0.214. The Morgan fingerprint density at radius 1 is 1.10 bits per heavy atom. The molecule has 7 nitrogen and oxygen atoms in total. The zero-order valence-corrected chi connectivity index (χ0v) is 24.8. The fraction of sp³-hybridized carbons (Fsp3) is 0.276. The van der Waals surface area contributed by atoms with Crippen molar-refractivity contribution in [1.29, 1.82) is 0 Å². The summed E-state index contributed by atoms with van der Waals surface area (Å²) in [4.78, 5) is 33.7. The van der Waals surface area contributed by atoms with E-state index < -0.39 is 0 Å². The van der Waals surface area contributed by atoms with Crippen molar-refractivity contribution in [3.05, 3.63) is 82.2 Å². The number of carbonyl (C=O) groups excluding carboxylic acids is 2. The van der Waals surface area contributed by atoms with Crippen LogP contribution in [-0.4, -0.2) is 45.7 Å². The first kappa shape index (κ1) is 28.7. The molecule has 2 aliphatic rings. The maximum atomic E-state index is 13.0. The number of nitrogens with one attached hydrogen (secondary N) is 1. The molecule has 2 aliphatic heterocycles. The van der Waals surface area contributed by atoms with Crippen molar-refractivity contribution in [2.75, 3.05) is 19.6 Å². The zero-order valence-electron chi connectivity index (χ0n) is 21.5. The first-order valence-corrected chi connectivity index (χ1v) is 15.0. The van der Waals surface area contributed by atoms with Crippen LogP contribution in [0, 0.1) is 5.92 Å². The Kier molecular flexibility index (Phi) is 9.15. The average molecular weight is 616 g/mol. The van der Waals surface area contributed by atoms with Gasteiger partial charge in [-0.05, 0) is 86.2 Å². The van der Waals surface area contributed by atoms with E-state index in [9.17, 15) is 9.59 Å². The topological polar surface area (TPSA) is 79.8 Å². The molecule has 3 aromatic heterocycles. The highest BCUT2D eigenvalue weighted by Gasteiger charge is 2.26. The van der Waals surface area contributed by atoms with Crippen LogP contribution in [0.2, 0.25) is 5.02 Å². The molecule has 1 aromatic carbocycles. The first-order chi connectivity index (χ1) is 19.0. The molecule has 0 saturated carbocycles. The van der Waals surface area contributed by atoms with E-state index in [-0.39, 0.29) is 24.2 Å². The molecule has 2 amide bonds. The van der Waals surface area contributed by atoms with Gasteiger partial charge in [0.1, 0.15) is 5.65 Å². The minimum atomic E-state index is -0.0565. The van der Waals surface area contributed by atoms with Crippen molar-refractivity contribution in [3.8, 4) is 0 Å². The molecule has 4 aromatic rings. The molecule has 1 fully saturated rings. The van der Waals surface area contributed by atoms with Crippen molar-refractivity contribution in [2.24, 2.45) is 5.92 Å². The van der Waals surface area contributed by atoms with Crippen LogP contribution in [0.1, 0.15) is 41.9 Å². The van der Waals surface area contributed by atoms with E-state index in [1.165, 1.54) is 23.5 Å². The molecular weight excluding hydrogens is 587 g/mol. The van der Waals surface area contributed by atoms with Crippen LogP contribution >= 0.6 is 47.5 Å². The summed E-state index contributed by atoms with van der Waals surface area (Å²) in [7, 11) is 0. The second kappa shape index (κ2) is 12.8. The van der Waals surface area contributed by atoms with Gasteiger partial charge in [-0.25, -0.2) is 4.98 Å². The molecular formula is C29H28Cl2N4O3S2. The van der Waals surface area contributed by atoms with Gasteiger partial charge in [0.05, 0.1) is 21.8 Å². The van der Waals surface area contributed by atoms with Gasteiger partial charge in [-0.2, -0.15) is 0 Å². The van der Waals surface area contributed by atoms with Gasteiger partial charge < -0.3 is 14.6 Å². The van der Waals surface area contributed by atoms with Gasteiger partial charge in [0.15, 0.2) is 10.9 Å². The fourth-order valence-corrected chi connectivity index (χ4v) is 6.87.